The normalized spacial score (nSPS) is 18.9. The van der Waals surface area contributed by atoms with E-state index in [4.69, 9.17) is 4.74 Å². The lowest BCUT2D eigenvalue weighted by atomic mass is 10.3. The first kappa shape index (κ1) is 25.4. The van der Waals surface area contributed by atoms with Crippen LogP contribution in [0, 0.1) is 11.8 Å². The molecule has 4 aromatic rings. The number of Topliss-reactive ketones (excluding diaryl/α,β-unsaturated/α-hetero) is 1. The number of thiazole rings is 1. The Morgan fingerprint density at radius 2 is 1.95 bits per heavy atom. The molecule has 1 saturated carbocycles. The van der Waals surface area contributed by atoms with Gasteiger partial charge < -0.3 is 19.5 Å². The second-order valence-corrected chi connectivity index (χ2v) is 11.1. The minimum Gasteiger partial charge on any atom is -0.377 e. The number of fused-ring (bicyclic) bond motifs is 2. The molecule has 4 aromatic heterocycles. The molecule has 0 radical (unpaired) electrons. The number of piperidine rings is 1. The highest BCUT2D eigenvalue weighted by molar-refractivity contribution is 7.13. The summed E-state index contributed by atoms with van der Waals surface area (Å²) < 4.78 is 8.76. The first-order valence-corrected chi connectivity index (χ1v) is 13.7. The maximum Gasteiger partial charge on any atom is 0.332 e. The Hall–Kier alpha value is -3.91. The molecule has 204 valence electrons. The van der Waals surface area contributed by atoms with Crippen molar-refractivity contribution in [2.24, 2.45) is 18.9 Å². The van der Waals surface area contributed by atoms with E-state index in [-0.39, 0.29) is 36.1 Å². The minimum atomic E-state index is -0.600. The van der Waals surface area contributed by atoms with E-state index < -0.39 is 11.2 Å². The summed E-state index contributed by atoms with van der Waals surface area (Å²) in [6.45, 7) is 3.94. The van der Waals surface area contributed by atoms with Crippen molar-refractivity contribution in [3.05, 3.63) is 44.9 Å². The highest BCUT2D eigenvalue weighted by atomic mass is 32.1. The van der Waals surface area contributed by atoms with Crippen LogP contribution in [-0.4, -0.2) is 72.8 Å². The van der Waals surface area contributed by atoms with Gasteiger partial charge in [-0.15, -0.1) is 11.3 Å². The van der Waals surface area contributed by atoms with Crippen LogP contribution in [0.4, 0.5) is 11.8 Å². The van der Waals surface area contributed by atoms with Crippen LogP contribution in [0.1, 0.15) is 19.4 Å². The number of nitrogens with one attached hydrogen (secondary N) is 1. The summed E-state index contributed by atoms with van der Waals surface area (Å²) in [7, 11) is 2.92. The van der Waals surface area contributed by atoms with E-state index in [1.54, 1.807) is 4.57 Å². The van der Waals surface area contributed by atoms with Crippen molar-refractivity contribution >= 4 is 40.1 Å². The summed E-state index contributed by atoms with van der Waals surface area (Å²) >= 11 is 1.50. The van der Waals surface area contributed by atoms with Gasteiger partial charge in [0, 0.05) is 63.2 Å². The fourth-order valence-electron chi connectivity index (χ4n) is 5.14. The van der Waals surface area contributed by atoms with Gasteiger partial charge in [0.05, 0.1) is 12.9 Å². The van der Waals surface area contributed by atoms with Gasteiger partial charge >= 0.3 is 5.69 Å². The monoisotopic (exact) mass is 551 g/mol. The zero-order valence-corrected chi connectivity index (χ0v) is 22.7. The number of ketones is 1. The van der Waals surface area contributed by atoms with E-state index in [9.17, 15) is 14.4 Å². The maximum absolute atomic E-state index is 13.2. The molecule has 6 rings (SSSR count). The fraction of sp³-hybridized carbons (Fsp3) is 0.480. The molecular formula is C25H29N9O4S. The quantitative estimate of drug-likeness (QED) is 0.305. The molecule has 3 atom stereocenters. The predicted molar refractivity (Wildman–Crippen MR) is 146 cm³/mol. The molecule has 1 aliphatic heterocycles. The summed E-state index contributed by atoms with van der Waals surface area (Å²) in [5.74, 6) is 2.75. The first-order chi connectivity index (χ1) is 18.8. The number of rotatable bonds is 10. The number of carbonyl (C=O) groups is 1. The molecule has 0 bridgehead atoms. The zero-order chi connectivity index (χ0) is 27.3. The van der Waals surface area contributed by atoms with Crippen LogP contribution in [0.15, 0.2) is 33.7 Å². The van der Waals surface area contributed by atoms with Gasteiger partial charge in [0.2, 0.25) is 5.95 Å². The van der Waals surface area contributed by atoms with Crippen LogP contribution in [-0.2, 0) is 23.1 Å². The van der Waals surface area contributed by atoms with E-state index in [0.717, 1.165) is 46.0 Å². The lowest BCUT2D eigenvalue weighted by Crippen LogP contribution is -2.42. The standard InChI is InChI=1S/C25H29N9O4S/c1-14(34-13-29-21-20(34)23(36)33(25(37)31(21)2)10-18(35)11-38-3)5-26-19-12-39-22(30-19)17-6-27-24(28-7-17)32-8-15-4-16(15)9-32/h6-7,12-16,26H,4-5,8-11H2,1-3H3/t14-,15?,16?/m0/s1. The maximum atomic E-state index is 13.2. The van der Waals surface area contributed by atoms with Gasteiger partial charge in [0.25, 0.3) is 5.56 Å². The third-order valence-electron chi connectivity index (χ3n) is 7.40. The fourth-order valence-corrected chi connectivity index (χ4v) is 5.89. The molecular weight excluding hydrogens is 522 g/mol. The molecule has 0 amide bonds. The molecule has 13 nitrogen and oxygen atoms in total. The molecule has 0 aromatic carbocycles. The van der Waals surface area contributed by atoms with Gasteiger partial charge in [-0.2, -0.15) is 0 Å². The van der Waals surface area contributed by atoms with E-state index in [0.29, 0.717) is 12.4 Å². The van der Waals surface area contributed by atoms with Crippen LogP contribution >= 0.6 is 11.3 Å². The smallest absolute Gasteiger partial charge is 0.332 e. The minimum absolute atomic E-state index is 0.182. The molecule has 5 heterocycles. The van der Waals surface area contributed by atoms with Gasteiger partial charge in [-0.3, -0.25) is 18.7 Å². The molecule has 2 aliphatic rings. The van der Waals surface area contributed by atoms with Crippen molar-refractivity contribution in [1.82, 2.24) is 33.6 Å². The van der Waals surface area contributed by atoms with Crippen molar-refractivity contribution in [3.63, 3.8) is 0 Å². The van der Waals surface area contributed by atoms with Gasteiger partial charge in [0.1, 0.15) is 17.4 Å². The van der Waals surface area contributed by atoms with E-state index in [1.807, 2.05) is 24.7 Å². The van der Waals surface area contributed by atoms with E-state index in [1.165, 1.54) is 42.8 Å². The Bertz CT molecular complexity index is 1640. The Balaban J connectivity index is 1.16. The van der Waals surface area contributed by atoms with Gasteiger partial charge in [-0.1, -0.05) is 0 Å². The number of ether oxygens (including phenoxy) is 1. The number of hydrogen-bond acceptors (Lipinski definition) is 11. The molecule has 1 N–H and O–H groups in total. The van der Waals surface area contributed by atoms with Gasteiger partial charge in [-0.25, -0.2) is 24.7 Å². The number of anilines is 2. The van der Waals surface area contributed by atoms with Crippen molar-refractivity contribution in [2.75, 3.05) is 43.6 Å². The number of methoxy groups -OCH3 is 1. The lowest BCUT2D eigenvalue weighted by molar-refractivity contribution is -0.123. The lowest BCUT2D eigenvalue weighted by Gasteiger charge is -2.17. The number of aryl methyl sites for hydroxylation is 1. The number of carbonyl (C=O) groups excluding carboxylic acids is 1. The summed E-state index contributed by atoms with van der Waals surface area (Å²) in [6.07, 6.45) is 6.52. The molecule has 2 unspecified atom stereocenters. The Morgan fingerprint density at radius 3 is 2.67 bits per heavy atom. The van der Waals surface area contributed by atoms with Gasteiger partial charge in [-0.05, 0) is 25.2 Å². The second-order valence-electron chi connectivity index (χ2n) is 10.2. The molecule has 39 heavy (non-hydrogen) atoms. The summed E-state index contributed by atoms with van der Waals surface area (Å²) in [5, 5.41) is 6.05. The zero-order valence-electron chi connectivity index (χ0n) is 21.9. The third kappa shape index (κ3) is 4.74. The molecule has 2 fully saturated rings. The largest absolute Gasteiger partial charge is 0.377 e. The number of nitrogens with zero attached hydrogens (tertiary/aromatic N) is 8. The van der Waals surface area contributed by atoms with Crippen molar-refractivity contribution in [2.45, 2.75) is 25.9 Å². The number of imidazole rings is 1. The Kier molecular flexibility index (Phi) is 6.51. The summed E-state index contributed by atoms with van der Waals surface area (Å²) in [6, 6.07) is -0.206. The van der Waals surface area contributed by atoms with Crippen LogP contribution in [0.5, 0.6) is 0 Å². The number of hydrogen-bond donors (Lipinski definition) is 1. The molecule has 0 spiro atoms. The second kappa shape index (κ2) is 10.0. The van der Waals surface area contributed by atoms with Crippen LogP contribution in [0.25, 0.3) is 21.7 Å². The van der Waals surface area contributed by atoms with E-state index >= 15 is 0 Å². The average Bonchev–Trinajstić information content (AvgIpc) is 3.32. The average molecular weight is 552 g/mol. The van der Waals surface area contributed by atoms with E-state index in [2.05, 4.69) is 30.2 Å². The third-order valence-corrected chi connectivity index (χ3v) is 8.29. The van der Waals surface area contributed by atoms with Crippen LogP contribution < -0.4 is 21.5 Å². The van der Waals surface area contributed by atoms with Crippen LogP contribution in [0.3, 0.4) is 0 Å². The van der Waals surface area contributed by atoms with Crippen molar-refractivity contribution in [1.29, 1.82) is 0 Å². The molecule has 14 heteroatoms. The van der Waals surface area contributed by atoms with Crippen molar-refractivity contribution < 1.29 is 9.53 Å². The predicted octanol–water partition coefficient (Wildman–Crippen LogP) is 1.15. The highest BCUT2D eigenvalue weighted by Gasteiger charge is 2.45. The molecule has 1 aliphatic carbocycles. The Labute approximate surface area is 227 Å². The topological polar surface area (TPSA) is 142 Å². The van der Waals surface area contributed by atoms with Crippen LogP contribution in [0.2, 0.25) is 0 Å². The highest BCUT2D eigenvalue weighted by Crippen LogP contribution is 2.45. The Morgan fingerprint density at radius 1 is 1.21 bits per heavy atom. The number of aromatic nitrogens is 7. The van der Waals surface area contributed by atoms with Gasteiger partial charge in [0.15, 0.2) is 16.9 Å². The summed E-state index contributed by atoms with van der Waals surface area (Å²) in [4.78, 5) is 58.4. The van der Waals surface area contributed by atoms with Crippen molar-refractivity contribution in [3.8, 4) is 10.6 Å². The molecule has 1 saturated heterocycles. The first-order valence-electron chi connectivity index (χ1n) is 12.8. The SMILES string of the molecule is COCC(=O)Cn1c(=O)c2c(ncn2[C@@H](C)CNc2csc(-c3cnc(N4CC5CC5C4)nc3)n2)n(C)c1=O. The summed E-state index contributed by atoms with van der Waals surface area (Å²) in [5.41, 5.74) is 0.212.